The number of rotatable bonds is 8. The van der Waals surface area contributed by atoms with Gasteiger partial charge in [0.05, 0.1) is 0 Å². The minimum Gasteiger partial charge on any atom is -0.410 e. The van der Waals surface area contributed by atoms with Crippen molar-refractivity contribution < 1.29 is 9.59 Å². The van der Waals surface area contributed by atoms with Gasteiger partial charge in [0, 0.05) is 5.54 Å². The lowest BCUT2D eigenvalue weighted by atomic mass is 10.0. The minimum atomic E-state index is -2.91. The van der Waals surface area contributed by atoms with Gasteiger partial charge in [0.2, 0.25) is 0 Å². The molecule has 0 radical (unpaired) electrons. The zero-order chi connectivity index (χ0) is 12.6. The zero-order valence-corrected chi connectivity index (χ0v) is 12.2. The van der Waals surface area contributed by atoms with Crippen LogP contribution >= 0.6 is 0 Å². The molecule has 1 aliphatic rings. The molecule has 17 heavy (non-hydrogen) atoms. The van der Waals surface area contributed by atoms with Gasteiger partial charge in [0.25, 0.3) is 0 Å². The highest BCUT2D eigenvalue weighted by Gasteiger charge is 2.39. The van der Waals surface area contributed by atoms with E-state index < -0.39 is 8.56 Å². The lowest BCUT2D eigenvalue weighted by molar-refractivity contribution is 0.307. The lowest BCUT2D eigenvalue weighted by Crippen LogP contribution is -2.41. The molecule has 0 bridgehead atoms. The van der Waals surface area contributed by atoms with Crippen molar-refractivity contribution in [3.63, 3.8) is 0 Å². The molecule has 3 N–H and O–H groups in total. The van der Waals surface area contributed by atoms with E-state index in [4.69, 9.17) is 0 Å². The summed E-state index contributed by atoms with van der Waals surface area (Å²) in [6, 6.07) is 0.650. The summed E-state index contributed by atoms with van der Waals surface area (Å²) >= 11 is 0. The average Bonchev–Trinajstić information content (AvgIpc) is 2.35. The van der Waals surface area contributed by atoms with E-state index in [1.54, 1.807) is 0 Å². The van der Waals surface area contributed by atoms with Crippen LogP contribution in [-0.2, 0) is 0 Å². The lowest BCUT2D eigenvalue weighted by Gasteiger charge is -2.31. The molecule has 1 rings (SSSR count). The molecule has 0 atom stereocenters. The van der Waals surface area contributed by atoms with Crippen LogP contribution in [0.2, 0.25) is 11.6 Å². The highest BCUT2D eigenvalue weighted by atomic mass is 28.4. The minimum absolute atomic E-state index is 0.242. The molecule has 0 aromatic heterocycles. The second-order valence-corrected chi connectivity index (χ2v) is 8.49. The van der Waals surface area contributed by atoms with Crippen LogP contribution in [0.1, 0.15) is 58.3 Å². The number of nitrogens with one attached hydrogen (secondary N) is 1. The molecule has 0 saturated heterocycles. The van der Waals surface area contributed by atoms with Crippen molar-refractivity contribution in [3.05, 3.63) is 0 Å². The third-order valence-corrected chi connectivity index (χ3v) is 6.84. The Kier molecular flexibility index (Phi) is 7.35. The van der Waals surface area contributed by atoms with Crippen molar-refractivity contribution in [3.8, 4) is 0 Å². The van der Waals surface area contributed by atoms with E-state index in [2.05, 4.69) is 12.2 Å². The summed E-state index contributed by atoms with van der Waals surface area (Å²) in [7, 11) is -2.91. The first kappa shape index (κ1) is 15.2. The molecule has 0 spiro atoms. The van der Waals surface area contributed by atoms with Gasteiger partial charge in [-0.1, -0.05) is 32.6 Å². The van der Waals surface area contributed by atoms with Gasteiger partial charge in [-0.3, -0.25) is 0 Å². The Morgan fingerprint density at radius 3 is 2.35 bits per heavy atom. The van der Waals surface area contributed by atoms with Crippen LogP contribution in [-0.4, -0.2) is 31.2 Å². The normalized spacial score (nSPS) is 18.5. The predicted molar refractivity (Wildman–Crippen MR) is 74.2 cm³/mol. The molecule has 1 saturated carbocycles. The third kappa shape index (κ3) is 6.00. The summed E-state index contributed by atoms with van der Waals surface area (Å²) < 4.78 is 0. The van der Waals surface area contributed by atoms with Gasteiger partial charge < -0.3 is 14.9 Å². The van der Waals surface area contributed by atoms with Gasteiger partial charge in [-0.15, -0.1) is 0 Å². The number of hydrogen-bond acceptors (Lipinski definition) is 3. The van der Waals surface area contributed by atoms with Crippen LogP contribution in [0.15, 0.2) is 0 Å². The molecule has 102 valence electrons. The molecule has 0 aromatic carbocycles. The van der Waals surface area contributed by atoms with E-state index in [9.17, 15) is 9.59 Å². The highest BCUT2D eigenvalue weighted by molar-refractivity contribution is 6.66. The number of hydrogen-bond donors (Lipinski definition) is 3. The molecule has 0 unspecified atom stereocenters. The van der Waals surface area contributed by atoms with E-state index in [1.807, 2.05) is 0 Å². The van der Waals surface area contributed by atoms with Crippen molar-refractivity contribution >= 4 is 8.56 Å². The molecule has 0 amide bonds. The van der Waals surface area contributed by atoms with Crippen molar-refractivity contribution in [2.24, 2.45) is 0 Å². The fourth-order valence-corrected chi connectivity index (χ4v) is 5.11. The SMILES string of the molecule is CCCCNCCC[Si](O)(O)C1CCCCC1. The largest absolute Gasteiger partial charge is 0.410 e. The fourth-order valence-electron chi connectivity index (χ4n) is 2.67. The maximum Gasteiger partial charge on any atom is 0.336 e. The maximum absolute atomic E-state index is 10.2. The highest BCUT2D eigenvalue weighted by Crippen LogP contribution is 2.36. The predicted octanol–water partition coefficient (Wildman–Crippen LogP) is 2.53. The Hall–Kier alpha value is 0.0969. The Labute approximate surface area is 107 Å². The molecule has 0 aliphatic heterocycles. The molecule has 1 fully saturated rings. The van der Waals surface area contributed by atoms with Gasteiger partial charge in [-0.2, -0.15) is 0 Å². The van der Waals surface area contributed by atoms with Crippen LogP contribution in [0.25, 0.3) is 0 Å². The number of unbranched alkanes of at least 4 members (excludes halogenated alkanes) is 1. The van der Waals surface area contributed by atoms with Gasteiger partial charge in [0.15, 0.2) is 0 Å². The first-order chi connectivity index (χ1) is 8.17. The quantitative estimate of drug-likeness (QED) is 0.464. The van der Waals surface area contributed by atoms with Gasteiger partial charge >= 0.3 is 8.56 Å². The average molecular weight is 259 g/mol. The summed E-state index contributed by atoms with van der Waals surface area (Å²) in [5.74, 6) is 0. The van der Waals surface area contributed by atoms with Crippen LogP contribution in [0, 0.1) is 0 Å². The summed E-state index contributed by atoms with van der Waals surface area (Å²) in [6.07, 6.45) is 9.09. The Morgan fingerprint density at radius 2 is 1.71 bits per heavy atom. The molecular weight excluding hydrogens is 230 g/mol. The second kappa shape index (κ2) is 8.24. The van der Waals surface area contributed by atoms with Crippen LogP contribution in [0.4, 0.5) is 0 Å². The topological polar surface area (TPSA) is 52.5 Å². The van der Waals surface area contributed by atoms with Crippen LogP contribution < -0.4 is 5.32 Å². The summed E-state index contributed by atoms with van der Waals surface area (Å²) in [5.41, 5.74) is 0.242. The first-order valence-electron chi connectivity index (χ1n) is 7.32. The maximum atomic E-state index is 10.2. The summed E-state index contributed by atoms with van der Waals surface area (Å²) in [5, 5.41) is 3.36. The standard InChI is InChI=1S/C13H29NO2Si/c1-2-3-10-14-11-7-12-17(15,16)13-8-5-4-6-9-13/h13-16H,2-12H2,1H3. The smallest absolute Gasteiger partial charge is 0.336 e. The van der Waals surface area contributed by atoms with Gasteiger partial charge in [-0.05, 0) is 44.8 Å². The second-order valence-electron chi connectivity index (χ2n) is 5.42. The molecule has 0 aromatic rings. The monoisotopic (exact) mass is 259 g/mol. The van der Waals surface area contributed by atoms with Crippen LogP contribution in [0.5, 0.6) is 0 Å². The summed E-state index contributed by atoms with van der Waals surface area (Å²) in [4.78, 5) is 20.4. The molecule has 0 heterocycles. The van der Waals surface area contributed by atoms with Crippen molar-refractivity contribution in [1.29, 1.82) is 0 Å². The summed E-state index contributed by atoms with van der Waals surface area (Å²) in [6.45, 7) is 4.18. The molecule has 3 nitrogen and oxygen atoms in total. The van der Waals surface area contributed by atoms with Crippen molar-refractivity contribution in [2.75, 3.05) is 13.1 Å². The van der Waals surface area contributed by atoms with E-state index in [1.165, 1.54) is 32.1 Å². The van der Waals surface area contributed by atoms with Gasteiger partial charge in [0.1, 0.15) is 0 Å². The molecule has 4 heteroatoms. The Morgan fingerprint density at radius 1 is 1.06 bits per heavy atom. The third-order valence-electron chi connectivity index (χ3n) is 3.86. The van der Waals surface area contributed by atoms with E-state index in [0.717, 1.165) is 32.4 Å². The molecule has 1 aliphatic carbocycles. The van der Waals surface area contributed by atoms with E-state index >= 15 is 0 Å². The Bertz CT molecular complexity index is 194. The van der Waals surface area contributed by atoms with Crippen LogP contribution in [0.3, 0.4) is 0 Å². The zero-order valence-electron chi connectivity index (χ0n) is 11.2. The Balaban J connectivity index is 2.10. The first-order valence-corrected chi connectivity index (χ1v) is 9.50. The van der Waals surface area contributed by atoms with Gasteiger partial charge in [-0.25, -0.2) is 0 Å². The van der Waals surface area contributed by atoms with E-state index in [-0.39, 0.29) is 5.54 Å². The molecular formula is C13H29NO2Si. The van der Waals surface area contributed by atoms with Crippen molar-refractivity contribution in [1.82, 2.24) is 5.32 Å². The van der Waals surface area contributed by atoms with Crippen molar-refractivity contribution in [2.45, 2.75) is 69.9 Å². The fraction of sp³-hybridized carbons (Fsp3) is 1.00. The van der Waals surface area contributed by atoms with E-state index in [0.29, 0.717) is 6.04 Å².